The lowest BCUT2D eigenvalue weighted by Gasteiger charge is -1.89. The van der Waals surface area contributed by atoms with E-state index < -0.39 is 0 Å². The molecule has 0 unspecified atom stereocenters. The molecule has 0 bridgehead atoms. The molecule has 3 aromatic rings. The molecule has 0 amide bonds. The topological polar surface area (TPSA) is 13.1 Å². The van der Waals surface area contributed by atoms with E-state index in [0.717, 1.165) is 11.0 Å². The van der Waals surface area contributed by atoms with Gasteiger partial charge in [-0.05, 0) is 18.2 Å². The fourth-order valence-electron chi connectivity index (χ4n) is 1.73. The SMILES string of the molecule is F.Fc1cccc2oc3ccccc3c12. The van der Waals surface area contributed by atoms with Crippen molar-refractivity contribution in [1.29, 1.82) is 0 Å². The third-order valence-electron chi connectivity index (χ3n) is 2.35. The Balaban J connectivity index is 0.000000853. The van der Waals surface area contributed by atoms with E-state index in [-0.39, 0.29) is 10.5 Å². The first-order chi connectivity index (χ1) is 6.86. The number of hydrogen-bond acceptors (Lipinski definition) is 1. The molecular formula is C12H8F2O. The quantitative estimate of drug-likeness (QED) is 0.544. The smallest absolute Gasteiger partial charge is 0.138 e. The Morgan fingerprint density at radius 1 is 0.867 bits per heavy atom. The second-order valence-electron chi connectivity index (χ2n) is 3.21. The first-order valence-corrected chi connectivity index (χ1v) is 4.42. The third kappa shape index (κ3) is 1.28. The highest BCUT2D eigenvalue weighted by molar-refractivity contribution is 6.04. The third-order valence-corrected chi connectivity index (χ3v) is 2.35. The van der Waals surface area contributed by atoms with Gasteiger partial charge in [-0.2, -0.15) is 0 Å². The van der Waals surface area contributed by atoms with Crippen LogP contribution in [-0.4, -0.2) is 0 Å². The van der Waals surface area contributed by atoms with Crippen molar-refractivity contribution in [3.05, 3.63) is 48.3 Å². The molecule has 0 fully saturated rings. The van der Waals surface area contributed by atoms with Crippen LogP contribution in [0.3, 0.4) is 0 Å². The molecule has 76 valence electrons. The molecule has 1 nitrogen and oxygen atoms in total. The van der Waals surface area contributed by atoms with Crippen LogP contribution in [0.15, 0.2) is 46.9 Å². The van der Waals surface area contributed by atoms with E-state index in [4.69, 9.17) is 4.42 Å². The van der Waals surface area contributed by atoms with Crippen LogP contribution in [0.1, 0.15) is 0 Å². The van der Waals surface area contributed by atoms with Gasteiger partial charge in [-0.1, -0.05) is 24.3 Å². The molecule has 3 heteroatoms. The number of para-hydroxylation sites is 1. The van der Waals surface area contributed by atoms with Crippen molar-refractivity contribution in [3.8, 4) is 0 Å². The van der Waals surface area contributed by atoms with Crippen molar-refractivity contribution < 1.29 is 13.5 Å². The summed E-state index contributed by atoms with van der Waals surface area (Å²) in [5.41, 5.74) is 1.33. The summed E-state index contributed by atoms with van der Waals surface area (Å²) in [5.74, 6) is -0.229. The van der Waals surface area contributed by atoms with Gasteiger partial charge < -0.3 is 4.42 Å². The highest BCUT2D eigenvalue weighted by Crippen LogP contribution is 2.29. The lowest BCUT2D eigenvalue weighted by Crippen LogP contribution is -1.73. The van der Waals surface area contributed by atoms with E-state index in [1.807, 2.05) is 24.3 Å². The monoisotopic (exact) mass is 206 g/mol. The van der Waals surface area contributed by atoms with Gasteiger partial charge in [-0.15, -0.1) is 0 Å². The van der Waals surface area contributed by atoms with Crippen molar-refractivity contribution in [2.75, 3.05) is 0 Å². The van der Waals surface area contributed by atoms with Crippen LogP contribution in [-0.2, 0) is 0 Å². The van der Waals surface area contributed by atoms with E-state index in [9.17, 15) is 4.39 Å². The summed E-state index contributed by atoms with van der Waals surface area (Å²) in [4.78, 5) is 0. The van der Waals surface area contributed by atoms with Gasteiger partial charge in [-0.3, -0.25) is 4.70 Å². The second-order valence-corrected chi connectivity index (χ2v) is 3.21. The molecule has 0 aliphatic heterocycles. The Hall–Kier alpha value is -1.90. The van der Waals surface area contributed by atoms with E-state index in [2.05, 4.69) is 0 Å². The Kier molecular flexibility index (Phi) is 2.15. The Bertz CT molecular complexity index is 613. The Morgan fingerprint density at radius 2 is 1.60 bits per heavy atom. The first-order valence-electron chi connectivity index (χ1n) is 4.42. The Labute approximate surface area is 84.5 Å². The average molecular weight is 206 g/mol. The van der Waals surface area contributed by atoms with Gasteiger partial charge >= 0.3 is 0 Å². The minimum atomic E-state index is -0.229. The van der Waals surface area contributed by atoms with Gasteiger partial charge in [0.15, 0.2) is 0 Å². The first kappa shape index (κ1) is 9.65. The largest absolute Gasteiger partial charge is 0.456 e. The van der Waals surface area contributed by atoms with Crippen LogP contribution in [0.2, 0.25) is 0 Å². The van der Waals surface area contributed by atoms with Crippen molar-refractivity contribution in [3.63, 3.8) is 0 Å². The molecule has 0 saturated carbocycles. The van der Waals surface area contributed by atoms with Crippen molar-refractivity contribution >= 4 is 21.9 Å². The molecule has 3 rings (SSSR count). The van der Waals surface area contributed by atoms with Crippen molar-refractivity contribution in [1.82, 2.24) is 0 Å². The van der Waals surface area contributed by atoms with Gasteiger partial charge in [0.05, 0.1) is 5.39 Å². The minimum Gasteiger partial charge on any atom is -0.456 e. The van der Waals surface area contributed by atoms with Crippen LogP contribution < -0.4 is 0 Å². The maximum atomic E-state index is 13.5. The molecule has 0 N–H and O–H groups in total. The lowest BCUT2D eigenvalue weighted by molar-refractivity contribution is 0.634. The van der Waals surface area contributed by atoms with Crippen LogP contribution in [0.5, 0.6) is 0 Å². The summed E-state index contributed by atoms with van der Waals surface area (Å²) in [6.07, 6.45) is 0. The van der Waals surface area contributed by atoms with Crippen LogP contribution >= 0.6 is 0 Å². The fraction of sp³-hybridized carbons (Fsp3) is 0. The predicted molar refractivity (Wildman–Crippen MR) is 56.2 cm³/mol. The molecular weight excluding hydrogens is 198 g/mol. The van der Waals surface area contributed by atoms with Crippen LogP contribution in [0.4, 0.5) is 9.09 Å². The predicted octanol–water partition coefficient (Wildman–Crippen LogP) is 3.88. The number of halogens is 2. The maximum absolute atomic E-state index is 13.5. The molecule has 2 aromatic carbocycles. The van der Waals surface area contributed by atoms with Gasteiger partial charge in [-0.25, -0.2) is 4.39 Å². The maximum Gasteiger partial charge on any atom is 0.138 e. The summed E-state index contributed by atoms with van der Waals surface area (Å²) in [5, 5.41) is 1.41. The molecule has 0 atom stereocenters. The van der Waals surface area contributed by atoms with Gasteiger partial charge in [0.1, 0.15) is 17.0 Å². The van der Waals surface area contributed by atoms with Gasteiger partial charge in [0, 0.05) is 5.39 Å². The summed E-state index contributed by atoms with van der Waals surface area (Å²) in [6.45, 7) is 0. The van der Waals surface area contributed by atoms with E-state index in [1.54, 1.807) is 12.1 Å². The van der Waals surface area contributed by atoms with E-state index >= 15 is 0 Å². The molecule has 0 aliphatic rings. The number of hydrogen-bond donors (Lipinski definition) is 0. The number of furan rings is 1. The van der Waals surface area contributed by atoms with Crippen molar-refractivity contribution in [2.24, 2.45) is 0 Å². The van der Waals surface area contributed by atoms with Gasteiger partial charge in [0.25, 0.3) is 0 Å². The second kappa shape index (κ2) is 3.35. The van der Waals surface area contributed by atoms with Crippen LogP contribution in [0.25, 0.3) is 21.9 Å². The molecule has 0 saturated heterocycles. The zero-order valence-electron chi connectivity index (χ0n) is 7.74. The zero-order chi connectivity index (χ0) is 9.54. The number of rotatable bonds is 0. The fourth-order valence-corrected chi connectivity index (χ4v) is 1.73. The summed E-state index contributed by atoms with van der Waals surface area (Å²) in [7, 11) is 0. The van der Waals surface area contributed by atoms with E-state index in [0.29, 0.717) is 11.0 Å². The van der Waals surface area contributed by atoms with Crippen molar-refractivity contribution in [2.45, 2.75) is 0 Å². The van der Waals surface area contributed by atoms with Gasteiger partial charge in [0.2, 0.25) is 0 Å². The summed E-state index contributed by atoms with van der Waals surface area (Å²) in [6, 6.07) is 12.3. The average Bonchev–Trinajstić information content (AvgIpc) is 2.57. The number of benzene rings is 2. The van der Waals surface area contributed by atoms with E-state index in [1.165, 1.54) is 6.07 Å². The summed E-state index contributed by atoms with van der Waals surface area (Å²) < 4.78 is 19.0. The molecule has 1 aromatic heterocycles. The molecule has 15 heavy (non-hydrogen) atoms. The highest BCUT2D eigenvalue weighted by atomic mass is 19.1. The van der Waals surface area contributed by atoms with Crippen LogP contribution in [0, 0.1) is 5.82 Å². The summed E-state index contributed by atoms with van der Waals surface area (Å²) >= 11 is 0. The molecule has 0 aliphatic carbocycles. The minimum absolute atomic E-state index is 0. The Morgan fingerprint density at radius 3 is 2.47 bits per heavy atom. The molecule has 0 radical (unpaired) electrons. The molecule has 0 spiro atoms. The standard InChI is InChI=1S/C12H7FO.FH/c13-9-5-3-7-11-12(9)8-4-1-2-6-10(8)14-11;/h1-7H;1H. The lowest BCUT2D eigenvalue weighted by atomic mass is 10.1. The molecule has 1 heterocycles. The normalized spacial score (nSPS) is 10.5. The number of fused-ring (bicyclic) bond motifs is 3. The highest BCUT2D eigenvalue weighted by Gasteiger charge is 2.09. The zero-order valence-corrected chi connectivity index (χ0v) is 7.74.